The van der Waals surface area contributed by atoms with Gasteiger partial charge in [-0.1, -0.05) is 42.5 Å². The third-order valence-electron chi connectivity index (χ3n) is 3.95. The molecular weight excluding hydrogens is 374 g/mol. The first kappa shape index (κ1) is 21.4. The highest BCUT2D eigenvalue weighted by molar-refractivity contribution is 5.87. The zero-order valence-electron chi connectivity index (χ0n) is 15.9. The Hall–Kier alpha value is -3.86. The van der Waals surface area contributed by atoms with Crippen LogP contribution >= 0.6 is 0 Å². The van der Waals surface area contributed by atoms with Gasteiger partial charge in [-0.05, 0) is 23.3 Å². The molecule has 2 aromatic carbocycles. The molecule has 2 amide bonds. The van der Waals surface area contributed by atoms with Crippen molar-refractivity contribution in [2.75, 3.05) is 13.7 Å². The van der Waals surface area contributed by atoms with Gasteiger partial charge in [0.2, 0.25) is 5.91 Å². The van der Waals surface area contributed by atoms with Crippen LogP contribution in [0.3, 0.4) is 0 Å². The number of methoxy groups -OCH3 is 1. The van der Waals surface area contributed by atoms with Gasteiger partial charge in [0, 0.05) is 6.42 Å². The number of ether oxygens (including phenoxy) is 2. The predicted octanol–water partition coefficient (Wildman–Crippen LogP) is 1.68. The number of hydrogen-bond donors (Lipinski definition) is 2. The van der Waals surface area contributed by atoms with Crippen molar-refractivity contribution in [1.82, 2.24) is 10.6 Å². The van der Waals surface area contributed by atoms with Gasteiger partial charge in [0.25, 0.3) is 0 Å². The molecular formula is C21H21N3O5. The number of nitriles is 1. The Morgan fingerprint density at radius 3 is 2.34 bits per heavy atom. The minimum atomic E-state index is -0.928. The molecule has 150 valence electrons. The zero-order chi connectivity index (χ0) is 21.1. The van der Waals surface area contributed by atoms with Crippen molar-refractivity contribution in [2.45, 2.75) is 19.1 Å². The molecule has 2 rings (SSSR count). The van der Waals surface area contributed by atoms with Crippen molar-refractivity contribution in [3.05, 3.63) is 71.3 Å². The van der Waals surface area contributed by atoms with Crippen LogP contribution in [0.5, 0.6) is 0 Å². The Labute approximate surface area is 168 Å². The lowest BCUT2D eigenvalue weighted by Crippen LogP contribution is -2.47. The highest BCUT2D eigenvalue weighted by Crippen LogP contribution is 2.07. The number of carbonyl (C=O) groups is 3. The molecule has 1 atom stereocenters. The second-order valence-corrected chi connectivity index (χ2v) is 6.07. The molecule has 0 spiro atoms. The normalized spacial score (nSPS) is 10.9. The number of esters is 1. The summed E-state index contributed by atoms with van der Waals surface area (Å²) in [5, 5.41) is 13.7. The van der Waals surface area contributed by atoms with Gasteiger partial charge in [-0.25, -0.2) is 9.59 Å². The minimum absolute atomic E-state index is 0.0811. The van der Waals surface area contributed by atoms with E-state index in [9.17, 15) is 14.4 Å². The fraction of sp³-hybridized carbons (Fsp3) is 0.238. The van der Waals surface area contributed by atoms with E-state index in [2.05, 4.69) is 10.6 Å². The van der Waals surface area contributed by atoms with E-state index in [0.717, 1.165) is 11.1 Å². The van der Waals surface area contributed by atoms with E-state index >= 15 is 0 Å². The predicted molar refractivity (Wildman–Crippen MR) is 103 cm³/mol. The van der Waals surface area contributed by atoms with Crippen molar-refractivity contribution in [3.63, 3.8) is 0 Å². The molecule has 8 heteroatoms. The molecule has 0 saturated carbocycles. The van der Waals surface area contributed by atoms with Crippen LogP contribution in [0.25, 0.3) is 0 Å². The highest BCUT2D eigenvalue weighted by atomic mass is 16.5. The fourth-order valence-electron chi connectivity index (χ4n) is 2.46. The average Bonchev–Trinajstić information content (AvgIpc) is 2.76. The summed E-state index contributed by atoms with van der Waals surface area (Å²) in [6.07, 6.45) is -0.562. The lowest BCUT2D eigenvalue weighted by molar-refractivity contribution is -0.144. The first-order valence-electron chi connectivity index (χ1n) is 8.82. The van der Waals surface area contributed by atoms with E-state index in [0.29, 0.717) is 5.56 Å². The van der Waals surface area contributed by atoms with E-state index in [1.165, 1.54) is 7.11 Å². The van der Waals surface area contributed by atoms with Gasteiger partial charge in [-0.3, -0.25) is 4.79 Å². The maximum atomic E-state index is 12.1. The third-order valence-corrected chi connectivity index (χ3v) is 3.95. The van der Waals surface area contributed by atoms with Crippen LogP contribution < -0.4 is 10.6 Å². The molecule has 0 aliphatic heterocycles. The monoisotopic (exact) mass is 395 g/mol. The second-order valence-electron chi connectivity index (χ2n) is 6.07. The maximum Gasteiger partial charge on any atom is 0.407 e. The molecule has 0 unspecified atom stereocenters. The summed E-state index contributed by atoms with van der Waals surface area (Å²) in [7, 11) is 1.22. The van der Waals surface area contributed by atoms with E-state index in [-0.39, 0.29) is 19.6 Å². The Kier molecular flexibility index (Phi) is 8.20. The van der Waals surface area contributed by atoms with E-state index < -0.39 is 24.0 Å². The number of alkyl carbamates (subject to hydrolysis) is 1. The van der Waals surface area contributed by atoms with Crippen LogP contribution in [-0.2, 0) is 32.1 Å². The number of nitrogens with one attached hydrogen (secondary N) is 2. The Bertz CT molecular complexity index is 875. The summed E-state index contributed by atoms with van der Waals surface area (Å²) in [5.74, 6) is -1.18. The van der Waals surface area contributed by atoms with Crippen molar-refractivity contribution in [3.8, 4) is 6.07 Å². The first-order valence-corrected chi connectivity index (χ1v) is 8.82. The standard InChI is InChI=1S/C21H21N3O5/c1-28-20(26)18(11-15-7-9-16(12-22)10-8-15)24-19(25)13-23-21(27)29-14-17-5-3-2-4-6-17/h2-10,18H,11,13-14H2,1H3,(H,23,27)(H,24,25)/t18-/m1/s1. The molecule has 8 nitrogen and oxygen atoms in total. The van der Waals surface area contributed by atoms with Gasteiger partial charge in [0.15, 0.2) is 0 Å². The number of nitrogens with zero attached hydrogens (tertiary/aromatic N) is 1. The van der Waals surface area contributed by atoms with Crippen molar-refractivity contribution in [2.24, 2.45) is 0 Å². The van der Waals surface area contributed by atoms with Gasteiger partial charge in [0.1, 0.15) is 19.2 Å². The lowest BCUT2D eigenvalue weighted by Gasteiger charge is -2.17. The van der Waals surface area contributed by atoms with Crippen LogP contribution in [0.1, 0.15) is 16.7 Å². The van der Waals surface area contributed by atoms with Gasteiger partial charge in [-0.2, -0.15) is 5.26 Å². The third kappa shape index (κ3) is 7.34. The van der Waals surface area contributed by atoms with Crippen LogP contribution in [-0.4, -0.2) is 37.7 Å². The van der Waals surface area contributed by atoms with Gasteiger partial charge < -0.3 is 20.1 Å². The Balaban J connectivity index is 1.83. The number of rotatable bonds is 8. The summed E-state index contributed by atoms with van der Waals surface area (Å²) in [5.41, 5.74) is 2.06. The summed E-state index contributed by atoms with van der Waals surface area (Å²) in [4.78, 5) is 35.8. The Morgan fingerprint density at radius 1 is 1.03 bits per heavy atom. The zero-order valence-corrected chi connectivity index (χ0v) is 15.9. The molecule has 29 heavy (non-hydrogen) atoms. The van der Waals surface area contributed by atoms with Crippen LogP contribution in [0, 0.1) is 11.3 Å². The molecule has 0 heterocycles. The molecule has 0 fully saturated rings. The molecule has 0 saturated heterocycles. The van der Waals surface area contributed by atoms with Crippen molar-refractivity contribution >= 4 is 18.0 Å². The van der Waals surface area contributed by atoms with Crippen LogP contribution in [0.15, 0.2) is 54.6 Å². The fourth-order valence-corrected chi connectivity index (χ4v) is 2.46. The quantitative estimate of drug-likeness (QED) is 0.657. The van der Waals surface area contributed by atoms with E-state index in [4.69, 9.17) is 14.7 Å². The summed E-state index contributed by atoms with van der Waals surface area (Å²) in [6.45, 7) is -0.272. The van der Waals surface area contributed by atoms with Crippen molar-refractivity contribution in [1.29, 1.82) is 5.26 Å². The average molecular weight is 395 g/mol. The minimum Gasteiger partial charge on any atom is -0.467 e. The van der Waals surface area contributed by atoms with Crippen LogP contribution in [0.4, 0.5) is 4.79 Å². The molecule has 0 bridgehead atoms. The van der Waals surface area contributed by atoms with E-state index in [1.54, 1.807) is 24.3 Å². The number of carbonyl (C=O) groups excluding carboxylic acids is 3. The molecule has 2 N–H and O–H groups in total. The summed E-state index contributed by atoms with van der Waals surface area (Å²) in [6, 6.07) is 16.8. The summed E-state index contributed by atoms with van der Waals surface area (Å²) < 4.78 is 9.75. The number of hydrogen-bond acceptors (Lipinski definition) is 6. The van der Waals surface area contributed by atoms with Crippen LogP contribution in [0.2, 0.25) is 0 Å². The van der Waals surface area contributed by atoms with Crippen molar-refractivity contribution < 1.29 is 23.9 Å². The SMILES string of the molecule is COC(=O)[C@@H](Cc1ccc(C#N)cc1)NC(=O)CNC(=O)OCc1ccccc1. The maximum absolute atomic E-state index is 12.1. The molecule has 0 aromatic heterocycles. The molecule has 0 aliphatic rings. The molecule has 0 aliphatic carbocycles. The summed E-state index contributed by atoms with van der Waals surface area (Å²) >= 11 is 0. The Morgan fingerprint density at radius 2 is 1.72 bits per heavy atom. The van der Waals surface area contributed by atoms with Gasteiger partial charge >= 0.3 is 12.1 Å². The second kappa shape index (κ2) is 11.1. The lowest BCUT2D eigenvalue weighted by atomic mass is 10.0. The largest absolute Gasteiger partial charge is 0.467 e. The topological polar surface area (TPSA) is 118 Å². The number of amides is 2. The first-order chi connectivity index (χ1) is 14.0. The molecule has 2 aromatic rings. The molecule has 0 radical (unpaired) electrons. The highest BCUT2D eigenvalue weighted by Gasteiger charge is 2.22. The van der Waals surface area contributed by atoms with Gasteiger partial charge in [0.05, 0.1) is 18.7 Å². The smallest absolute Gasteiger partial charge is 0.407 e. The number of benzene rings is 2. The van der Waals surface area contributed by atoms with Gasteiger partial charge in [-0.15, -0.1) is 0 Å². The van der Waals surface area contributed by atoms with E-state index in [1.807, 2.05) is 36.4 Å².